The Balaban J connectivity index is 2.76. The molecule has 0 saturated carbocycles. The number of nitrogens with two attached hydrogens (primary N) is 1. The number of rotatable bonds is 7. The smallest absolute Gasteiger partial charge is 0.225 e. The number of amides is 1. The number of nitrogens with one attached hydrogen (secondary N) is 1. The Morgan fingerprint density at radius 1 is 1.20 bits per heavy atom. The summed E-state index contributed by atoms with van der Waals surface area (Å²) in [5.41, 5.74) is 5.42. The highest BCUT2D eigenvalue weighted by molar-refractivity contribution is 5.80. The van der Waals surface area contributed by atoms with E-state index in [1.54, 1.807) is 6.92 Å². The monoisotopic (exact) mass is 282 g/mol. The van der Waals surface area contributed by atoms with Crippen molar-refractivity contribution in [3.8, 4) is 0 Å². The number of hydrogen-bond acceptors (Lipinski definition) is 5. The minimum atomic E-state index is -1.43. The topological polar surface area (TPSA) is 116 Å². The van der Waals surface area contributed by atoms with Gasteiger partial charge in [-0.2, -0.15) is 0 Å². The Labute approximate surface area is 118 Å². The summed E-state index contributed by atoms with van der Waals surface area (Å²) in [6.07, 6.45) is 0. The fraction of sp³-hybridized carbons (Fsp3) is 0.500. The van der Waals surface area contributed by atoms with Crippen molar-refractivity contribution in [1.82, 2.24) is 5.32 Å². The highest BCUT2D eigenvalue weighted by Gasteiger charge is 2.33. The molecule has 0 spiro atoms. The summed E-state index contributed by atoms with van der Waals surface area (Å²) < 4.78 is 0. The Morgan fingerprint density at radius 3 is 2.15 bits per heavy atom. The molecule has 6 N–H and O–H groups in total. The van der Waals surface area contributed by atoms with Crippen LogP contribution >= 0.6 is 0 Å². The zero-order chi connectivity index (χ0) is 15.2. The van der Waals surface area contributed by atoms with Gasteiger partial charge < -0.3 is 26.4 Å². The minimum absolute atomic E-state index is 0.432. The molecule has 2 atom stereocenters. The molecule has 0 heterocycles. The average molecular weight is 282 g/mol. The third-order valence-electron chi connectivity index (χ3n) is 3.43. The van der Waals surface area contributed by atoms with Gasteiger partial charge in [-0.3, -0.25) is 4.79 Å². The molecule has 0 bridgehead atoms. The van der Waals surface area contributed by atoms with Gasteiger partial charge in [0.15, 0.2) is 0 Å². The van der Waals surface area contributed by atoms with Gasteiger partial charge in [-0.25, -0.2) is 0 Å². The van der Waals surface area contributed by atoms with E-state index < -0.39 is 43.2 Å². The molecule has 0 aliphatic carbocycles. The van der Waals surface area contributed by atoms with E-state index in [1.807, 2.05) is 30.3 Å². The summed E-state index contributed by atoms with van der Waals surface area (Å²) in [6.45, 7) is -0.0129. The van der Waals surface area contributed by atoms with E-state index in [9.17, 15) is 20.1 Å². The quantitative estimate of drug-likeness (QED) is 0.447. The summed E-state index contributed by atoms with van der Waals surface area (Å²) in [4.78, 5) is 12.1. The maximum absolute atomic E-state index is 12.1. The first-order chi connectivity index (χ1) is 9.49. The molecular weight excluding hydrogens is 260 g/mol. The molecule has 0 aliphatic heterocycles. The number of benzene rings is 1. The van der Waals surface area contributed by atoms with Crippen LogP contribution in [-0.2, 0) is 4.79 Å². The molecule has 1 rings (SSSR count). The van der Waals surface area contributed by atoms with Gasteiger partial charge in [0.2, 0.25) is 5.91 Å². The molecule has 0 aromatic heterocycles. The predicted molar refractivity (Wildman–Crippen MR) is 74.7 cm³/mol. The van der Waals surface area contributed by atoms with Crippen molar-refractivity contribution in [2.24, 2.45) is 11.7 Å². The maximum atomic E-state index is 12.1. The molecular formula is C14H22N2O4. The molecule has 0 fully saturated rings. The minimum Gasteiger partial charge on any atom is -0.394 e. The van der Waals surface area contributed by atoms with E-state index in [-0.39, 0.29) is 0 Å². The van der Waals surface area contributed by atoms with Gasteiger partial charge in [0, 0.05) is 6.04 Å². The fourth-order valence-corrected chi connectivity index (χ4v) is 1.77. The summed E-state index contributed by atoms with van der Waals surface area (Å²) in [6, 6.07) is 8.66. The SMILES string of the molecule is CC(C(=O)NC(CO)(CO)CO)C(N)c1ccccc1. The van der Waals surface area contributed by atoms with Crippen LogP contribution in [-0.4, -0.2) is 46.6 Å². The van der Waals surface area contributed by atoms with E-state index in [0.717, 1.165) is 5.56 Å². The number of aliphatic hydroxyl groups is 3. The van der Waals surface area contributed by atoms with Gasteiger partial charge in [-0.05, 0) is 5.56 Å². The van der Waals surface area contributed by atoms with Crippen LogP contribution in [0.5, 0.6) is 0 Å². The second-order valence-corrected chi connectivity index (χ2v) is 4.97. The Hall–Kier alpha value is -1.47. The second kappa shape index (κ2) is 7.35. The van der Waals surface area contributed by atoms with Crippen LogP contribution in [0.1, 0.15) is 18.5 Å². The third kappa shape index (κ3) is 3.77. The van der Waals surface area contributed by atoms with Crippen molar-refractivity contribution < 1.29 is 20.1 Å². The highest BCUT2D eigenvalue weighted by Crippen LogP contribution is 2.20. The zero-order valence-electron chi connectivity index (χ0n) is 11.5. The molecule has 6 heteroatoms. The summed E-state index contributed by atoms with van der Waals surface area (Å²) in [7, 11) is 0. The van der Waals surface area contributed by atoms with E-state index in [1.165, 1.54) is 0 Å². The van der Waals surface area contributed by atoms with E-state index in [0.29, 0.717) is 0 Å². The van der Waals surface area contributed by atoms with Crippen LogP contribution in [0.25, 0.3) is 0 Å². The van der Waals surface area contributed by atoms with Crippen LogP contribution < -0.4 is 11.1 Å². The summed E-state index contributed by atoms with van der Waals surface area (Å²) in [5, 5.41) is 30.1. The molecule has 1 amide bonds. The average Bonchev–Trinajstić information content (AvgIpc) is 2.52. The van der Waals surface area contributed by atoms with E-state index in [4.69, 9.17) is 5.73 Å². The molecule has 2 unspecified atom stereocenters. The van der Waals surface area contributed by atoms with Crippen LogP contribution in [0.3, 0.4) is 0 Å². The number of aliphatic hydroxyl groups excluding tert-OH is 3. The Kier molecular flexibility index (Phi) is 6.09. The molecule has 0 saturated heterocycles. The summed E-state index contributed by atoms with van der Waals surface area (Å²) in [5.74, 6) is -1.00. The lowest BCUT2D eigenvalue weighted by molar-refractivity contribution is -0.129. The number of carbonyl (C=O) groups excluding carboxylic acids is 1. The molecule has 0 radical (unpaired) electrons. The summed E-state index contributed by atoms with van der Waals surface area (Å²) >= 11 is 0. The van der Waals surface area contributed by atoms with Gasteiger partial charge >= 0.3 is 0 Å². The van der Waals surface area contributed by atoms with E-state index in [2.05, 4.69) is 5.32 Å². The first-order valence-corrected chi connectivity index (χ1v) is 6.45. The standard InChI is InChI=1S/C14H22N2O4/c1-10(12(15)11-5-3-2-4-6-11)13(20)16-14(7-17,8-18)9-19/h2-6,10,12,17-19H,7-9,15H2,1H3,(H,16,20). The second-order valence-electron chi connectivity index (χ2n) is 4.97. The van der Waals surface area contributed by atoms with Gasteiger partial charge in [-0.15, -0.1) is 0 Å². The molecule has 6 nitrogen and oxygen atoms in total. The lowest BCUT2D eigenvalue weighted by atomic mass is 9.93. The van der Waals surface area contributed by atoms with Crippen LogP contribution in [0, 0.1) is 5.92 Å². The van der Waals surface area contributed by atoms with Crippen molar-refractivity contribution in [3.63, 3.8) is 0 Å². The van der Waals surface area contributed by atoms with Crippen molar-refractivity contribution in [2.45, 2.75) is 18.5 Å². The fourth-order valence-electron chi connectivity index (χ4n) is 1.77. The van der Waals surface area contributed by atoms with Gasteiger partial charge in [0.05, 0.1) is 25.7 Å². The normalized spacial score (nSPS) is 14.7. The molecule has 1 aromatic carbocycles. The zero-order valence-corrected chi connectivity index (χ0v) is 11.5. The van der Waals surface area contributed by atoms with Gasteiger partial charge in [0.25, 0.3) is 0 Å². The highest BCUT2D eigenvalue weighted by atomic mass is 16.3. The van der Waals surface area contributed by atoms with Gasteiger partial charge in [-0.1, -0.05) is 37.3 Å². The van der Waals surface area contributed by atoms with Crippen LogP contribution in [0.4, 0.5) is 0 Å². The lowest BCUT2D eigenvalue weighted by Gasteiger charge is -2.31. The first-order valence-electron chi connectivity index (χ1n) is 6.45. The molecule has 1 aromatic rings. The molecule has 112 valence electrons. The third-order valence-corrected chi connectivity index (χ3v) is 3.43. The van der Waals surface area contributed by atoms with E-state index >= 15 is 0 Å². The molecule has 20 heavy (non-hydrogen) atoms. The molecule has 0 aliphatic rings. The van der Waals surface area contributed by atoms with Gasteiger partial charge in [0.1, 0.15) is 5.54 Å². The van der Waals surface area contributed by atoms with Crippen molar-refractivity contribution in [1.29, 1.82) is 0 Å². The van der Waals surface area contributed by atoms with Crippen molar-refractivity contribution >= 4 is 5.91 Å². The Morgan fingerprint density at radius 2 is 1.70 bits per heavy atom. The van der Waals surface area contributed by atoms with Crippen LogP contribution in [0.15, 0.2) is 30.3 Å². The number of hydrogen-bond donors (Lipinski definition) is 5. The van der Waals surface area contributed by atoms with Crippen molar-refractivity contribution in [3.05, 3.63) is 35.9 Å². The largest absolute Gasteiger partial charge is 0.394 e. The lowest BCUT2D eigenvalue weighted by Crippen LogP contribution is -2.58. The van der Waals surface area contributed by atoms with Crippen LogP contribution in [0.2, 0.25) is 0 Å². The Bertz CT molecular complexity index is 412. The first kappa shape index (κ1) is 16.6. The number of carbonyl (C=O) groups is 1. The van der Waals surface area contributed by atoms with Crippen molar-refractivity contribution in [2.75, 3.05) is 19.8 Å². The predicted octanol–water partition coefficient (Wildman–Crippen LogP) is -0.846. The maximum Gasteiger partial charge on any atom is 0.225 e.